The molecule has 0 heterocycles. The van der Waals surface area contributed by atoms with E-state index < -0.39 is 0 Å². The Morgan fingerprint density at radius 2 is 1.95 bits per heavy atom. The number of oxime groups is 1. The van der Waals surface area contributed by atoms with Crippen molar-refractivity contribution in [1.29, 1.82) is 5.26 Å². The maximum atomic E-state index is 9.23. The number of hydrogen-bond acceptors (Lipinski definition) is 4. The average Bonchev–Trinajstić information content (AvgIpc) is 2.55. The zero-order chi connectivity index (χ0) is 15.8. The highest BCUT2D eigenvalue weighted by atomic mass is 16.5. The fourth-order valence-corrected chi connectivity index (χ4v) is 1.91. The molecule has 0 unspecified atom stereocenters. The molecule has 0 spiro atoms. The molecule has 2 rings (SSSR count). The van der Waals surface area contributed by atoms with Crippen LogP contribution in [0.15, 0.2) is 59.3 Å². The van der Waals surface area contributed by atoms with Crippen LogP contribution in [0.25, 0.3) is 6.08 Å². The Kier molecular flexibility index (Phi) is 5.33. The van der Waals surface area contributed by atoms with Crippen LogP contribution in [0.1, 0.15) is 16.7 Å². The lowest BCUT2D eigenvalue weighted by atomic mass is 10.1. The number of hydrogen-bond donors (Lipinski definition) is 1. The molecular weight excluding hydrogens is 276 g/mol. The predicted octanol–water partition coefficient (Wildman–Crippen LogP) is 3.79. The van der Waals surface area contributed by atoms with Gasteiger partial charge in [-0.05, 0) is 30.7 Å². The molecule has 2 aromatic carbocycles. The van der Waals surface area contributed by atoms with Crippen LogP contribution in [0.2, 0.25) is 0 Å². The maximum Gasteiger partial charge on any atom is 0.128 e. The van der Waals surface area contributed by atoms with Crippen molar-refractivity contribution < 1.29 is 9.94 Å². The quantitative estimate of drug-likeness (QED) is 0.394. The second-order valence-electron chi connectivity index (χ2n) is 4.76. The first kappa shape index (κ1) is 15.3. The first-order valence-corrected chi connectivity index (χ1v) is 6.79. The van der Waals surface area contributed by atoms with Crippen LogP contribution in [0.3, 0.4) is 0 Å². The van der Waals surface area contributed by atoms with Gasteiger partial charge >= 0.3 is 0 Å². The van der Waals surface area contributed by atoms with E-state index in [0.29, 0.717) is 16.9 Å². The Balaban J connectivity index is 2.12. The number of rotatable bonds is 5. The van der Waals surface area contributed by atoms with Crippen LogP contribution < -0.4 is 4.74 Å². The van der Waals surface area contributed by atoms with Crippen LogP contribution >= 0.6 is 0 Å². The van der Waals surface area contributed by atoms with Crippen molar-refractivity contribution in [2.24, 2.45) is 5.16 Å². The van der Waals surface area contributed by atoms with Gasteiger partial charge < -0.3 is 9.94 Å². The highest BCUT2D eigenvalue weighted by Crippen LogP contribution is 2.17. The summed E-state index contributed by atoms with van der Waals surface area (Å²) in [5.74, 6) is 0.561. The summed E-state index contributed by atoms with van der Waals surface area (Å²) in [5, 5.41) is 20.9. The van der Waals surface area contributed by atoms with Crippen LogP contribution in [0, 0.1) is 18.3 Å². The van der Waals surface area contributed by atoms with Crippen molar-refractivity contribution >= 4 is 12.3 Å². The standard InChI is InChI=1S/C18H16N2O2/c1-14-6-8-15(9-7-14)10-16(11-19)13-22-18-5-3-2-4-17(18)12-20-21/h2-10,12,21H,13H2,1H3/b16-10+,20-12+. The molecule has 0 bridgehead atoms. The van der Waals surface area contributed by atoms with Crippen molar-refractivity contribution in [1.82, 2.24) is 0 Å². The van der Waals surface area contributed by atoms with Gasteiger partial charge in [0.05, 0.1) is 17.9 Å². The molecule has 1 N–H and O–H groups in total. The minimum Gasteiger partial charge on any atom is -0.487 e. The molecule has 110 valence electrons. The van der Waals surface area contributed by atoms with Gasteiger partial charge in [0.25, 0.3) is 0 Å². The van der Waals surface area contributed by atoms with E-state index in [0.717, 1.165) is 5.56 Å². The van der Waals surface area contributed by atoms with Gasteiger partial charge in [0.2, 0.25) is 0 Å². The molecular formula is C18H16N2O2. The monoisotopic (exact) mass is 292 g/mol. The van der Waals surface area contributed by atoms with E-state index in [1.807, 2.05) is 43.3 Å². The number of ether oxygens (including phenoxy) is 1. The van der Waals surface area contributed by atoms with Gasteiger partial charge in [-0.3, -0.25) is 0 Å². The zero-order valence-electron chi connectivity index (χ0n) is 12.2. The molecule has 0 saturated heterocycles. The van der Waals surface area contributed by atoms with Crippen LogP contribution in [-0.2, 0) is 0 Å². The lowest BCUT2D eigenvalue weighted by Crippen LogP contribution is -2.02. The normalized spacial score (nSPS) is 11.4. The summed E-state index contributed by atoms with van der Waals surface area (Å²) in [6.45, 7) is 2.17. The van der Waals surface area contributed by atoms with Gasteiger partial charge in [-0.2, -0.15) is 5.26 Å². The van der Waals surface area contributed by atoms with Crippen LogP contribution in [0.4, 0.5) is 0 Å². The smallest absolute Gasteiger partial charge is 0.128 e. The minimum absolute atomic E-state index is 0.153. The lowest BCUT2D eigenvalue weighted by molar-refractivity contribution is 0.321. The topological polar surface area (TPSA) is 65.6 Å². The largest absolute Gasteiger partial charge is 0.487 e. The highest BCUT2D eigenvalue weighted by Gasteiger charge is 2.03. The van der Waals surface area contributed by atoms with E-state index in [-0.39, 0.29) is 6.61 Å². The first-order chi connectivity index (χ1) is 10.7. The summed E-state index contributed by atoms with van der Waals surface area (Å²) in [7, 11) is 0. The number of benzene rings is 2. The van der Waals surface area contributed by atoms with E-state index in [1.54, 1.807) is 18.2 Å². The highest BCUT2D eigenvalue weighted by molar-refractivity contribution is 5.82. The van der Waals surface area contributed by atoms with E-state index >= 15 is 0 Å². The third-order valence-electron chi connectivity index (χ3n) is 3.06. The van der Waals surface area contributed by atoms with Gasteiger partial charge in [-0.1, -0.05) is 47.1 Å². The summed E-state index contributed by atoms with van der Waals surface area (Å²) in [6.07, 6.45) is 3.09. The molecule has 0 aliphatic heterocycles. The molecule has 22 heavy (non-hydrogen) atoms. The molecule has 0 aliphatic rings. The number of aryl methyl sites for hydroxylation is 1. The van der Waals surface area contributed by atoms with E-state index in [2.05, 4.69) is 11.2 Å². The summed E-state index contributed by atoms with van der Waals surface area (Å²) < 4.78 is 5.65. The molecule has 0 aliphatic carbocycles. The minimum atomic E-state index is 0.153. The van der Waals surface area contributed by atoms with E-state index in [4.69, 9.17) is 9.94 Å². The number of para-hydroxylation sites is 1. The molecule has 4 nitrogen and oxygen atoms in total. The summed E-state index contributed by atoms with van der Waals surface area (Å²) in [5.41, 5.74) is 3.29. The molecule has 0 saturated carbocycles. The fourth-order valence-electron chi connectivity index (χ4n) is 1.91. The van der Waals surface area contributed by atoms with Crippen molar-refractivity contribution in [2.45, 2.75) is 6.92 Å². The van der Waals surface area contributed by atoms with Gasteiger partial charge in [0.15, 0.2) is 0 Å². The number of nitriles is 1. The van der Waals surface area contributed by atoms with Crippen LogP contribution in [0.5, 0.6) is 5.75 Å². The van der Waals surface area contributed by atoms with Crippen LogP contribution in [-0.4, -0.2) is 18.0 Å². The van der Waals surface area contributed by atoms with E-state index in [9.17, 15) is 5.26 Å². The third kappa shape index (κ3) is 4.22. The molecule has 0 aromatic heterocycles. The number of nitrogens with zero attached hydrogens (tertiary/aromatic N) is 2. The summed E-state index contributed by atoms with van der Waals surface area (Å²) in [4.78, 5) is 0. The Morgan fingerprint density at radius 3 is 2.64 bits per heavy atom. The van der Waals surface area contributed by atoms with Gasteiger partial charge in [-0.25, -0.2) is 0 Å². The molecule has 4 heteroatoms. The molecule has 0 fully saturated rings. The third-order valence-corrected chi connectivity index (χ3v) is 3.06. The Labute approximate surface area is 129 Å². The first-order valence-electron chi connectivity index (χ1n) is 6.79. The van der Waals surface area contributed by atoms with Gasteiger partial charge in [0, 0.05) is 5.56 Å². The average molecular weight is 292 g/mol. The fraction of sp³-hybridized carbons (Fsp3) is 0.111. The SMILES string of the molecule is Cc1ccc(/C=C(\C#N)COc2ccccc2/C=N/O)cc1. The van der Waals surface area contributed by atoms with Crippen molar-refractivity contribution in [3.63, 3.8) is 0 Å². The van der Waals surface area contributed by atoms with Crippen molar-refractivity contribution in [2.75, 3.05) is 6.61 Å². The molecule has 0 amide bonds. The van der Waals surface area contributed by atoms with Gasteiger partial charge in [0.1, 0.15) is 12.4 Å². The summed E-state index contributed by atoms with van der Waals surface area (Å²) in [6, 6.07) is 17.2. The molecule has 0 radical (unpaired) electrons. The second kappa shape index (κ2) is 7.65. The lowest BCUT2D eigenvalue weighted by Gasteiger charge is -2.08. The zero-order valence-corrected chi connectivity index (χ0v) is 12.2. The molecule has 2 aromatic rings. The van der Waals surface area contributed by atoms with Crippen molar-refractivity contribution in [3.05, 3.63) is 70.8 Å². The predicted molar refractivity (Wildman–Crippen MR) is 86.1 cm³/mol. The maximum absolute atomic E-state index is 9.23. The second-order valence-corrected chi connectivity index (χ2v) is 4.76. The van der Waals surface area contributed by atoms with E-state index in [1.165, 1.54) is 11.8 Å². The van der Waals surface area contributed by atoms with Crippen molar-refractivity contribution in [3.8, 4) is 11.8 Å². The Bertz CT molecular complexity index is 725. The van der Waals surface area contributed by atoms with Gasteiger partial charge in [-0.15, -0.1) is 0 Å². The molecule has 0 atom stereocenters. The summed E-state index contributed by atoms with van der Waals surface area (Å²) >= 11 is 0. The Hall–Kier alpha value is -3.06. The Morgan fingerprint density at radius 1 is 1.23 bits per heavy atom.